The summed E-state index contributed by atoms with van der Waals surface area (Å²) in [5.74, 6) is 7.13. The Labute approximate surface area is 93.1 Å². The predicted octanol–water partition coefficient (Wildman–Crippen LogP) is 3.39. The van der Waals surface area contributed by atoms with Crippen LogP contribution < -0.4 is 0 Å². The summed E-state index contributed by atoms with van der Waals surface area (Å²) in [7, 11) is 0. The number of halogens is 1. The van der Waals surface area contributed by atoms with Crippen LogP contribution in [0.5, 0.6) is 0 Å². The summed E-state index contributed by atoms with van der Waals surface area (Å²) in [6.45, 7) is 0. The summed E-state index contributed by atoms with van der Waals surface area (Å²) in [4.78, 5) is 4.06. The summed E-state index contributed by atoms with van der Waals surface area (Å²) in [5.41, 5.74) is 0.999. The van der Waals surface area contributed by atoms with Gasteiger partial charge >= 0.3 is 0 Å². The molecule has 1 nitrogen and oxygen atoms in total. The minimum atomic E-state index is 0.613. The highest BCUT2D eigenvalue weighted by molar-refractivity contribution is 9.10. The zero-order chi connectivity index (χ0) is 9.80. The maximum atomic E-state index is 4.06. The maximum absolute atomic E-state index is 4.06. The molecule has 0 aliphatic heterocycles. The van der Waals surface area contributed by atoms with E-state index in [1.165, 1.54) is 25.7 Å². The van der Waals surface area contributed by atoms with E-state index in [2.05, 4.69) is 32.8 Å². The third kappa shape index (κ3) is 2.36. The number of pyridine rings is 1. The van der Waals surface area contributed by atoms with E-state index >= 15 is 0 Å². The van der Waals surface area contributed by atoms with Gasteiger partial charge in [-0.05, 0) is 34.8 Å². The number of nitrogens with zero attached hydrogens (tertiary/aromatic N) is 1. The molecule has 1 aromatic rings. The van der Waals surface area contributed by atoms with Crippen LogP contribution in [0.15, 0.2) is 22.9 Å². The van der Waals surface area contributed by atoms with Gasteiger partial charge < -0.3 is 0 Å². The zero-order valence-electron chi connectivity index (χ0n) is 7.96. The lowest BCUT2D eigenvalue weighted by atomic mass is 10.1. The van der Waals surface area contributed by atoms with Crippen molar-refractivity contribution in [2.24, 2.45) is 5.92 Å². The van der Waals surface area contributed by atoms with E-state index in [1.54, 1.807) is 6.20 Å². The molecule has 1 aromatic heterocycles. The summed E-state index contributed by atoms with van der Waals surface area (Å²) in [6.07, 6.45) is 8.80. The van der Waals surface area contributed by atoms with Gasteiger partial charge in [-0.25, -0.2) is 0 Å². The molecular formula is C12H12BrN. The molecule has 1 aliphatic rings. The van der Waals surface area contributed by atoms with Crippen LogP contribution in [0.3, 0.4) is 0 Å². The van der Waals surface area contributed by atoms with Crippen molar-refractivity contribution >= 4 is 15.9 Å². The highest BCUT2D eigenvalue weighted by atomic mass is 79.9. The lowest BCUT2D eigenvalue weighted by molar-refractivity contribution is 0.712. The van der Waals surface area contributed by atoms with Crippen molar-refractivity contribution in [2.75, 3.05) is 0 Å². The average molecular weight is 250 g/mol. The van der Waals surface area contributed by atoms with Gasteiger partial charge in [-0.3, -0.25) is 4.98 Å². The fraction of sp³-hybridized carbons (Fsp3) is 0.417. The summed E-state index contributed by atoms with van der Waals surface area (Å²) in [6, 6.07) is 1.93. The first kappa shape index (κ1) is 9.73. The van der Waals surface area contributed by atoms with Gasteiger partial charge in [0.25, 0.3) is 0 Å². The van der Waals surface area contributed by atoms with Gasteiger partial charge in [-0.1, -0.05) is 24.7 Å². The molecule has 0 N–H and O–H groups in total. The predicted molar refractivity (Wildman–Crippen MR) is 60.8 cm³/mol. The van der Waals surface area contributed by atoms with Crippen molar-refractivity contribution in [3.05, 3.63) is 28.5 Å². The first-order valence-corrected chi connectivity index (χ1v) is 5.76. The van der Waals surface area contributed by atoms with E-state index in [0.29, 0.717) is 5.92 Å². The third-order valence-corrected chi connectivity index (χ3v) is 3.23. The lowest BCUT2D eigenvalue weighted by Gasteiger charge is -1.96. The monoisotopic (exact) mass is 249 g/mol. The Bertz CT molecular complexity index is 369. The number of hydrogen-bond donors (Lipinski definition) is 0. The van der Waals surface area contributed by atoms with E-state index in [9.17, 15) is 0 Å². The van der Waals surface area contributed by atoms with Crippen LogP contribution in [-0.2, 0) is 0 Å². The highest BCUT2D eigenvalue weighted by Gasteiger charge is 2.11. The van der Waals surface area contributed by atoms with E-state index in [4.69, 9.17) is 0 Å². The minimum Gasteiger partial charge on any atom is -0.263 e. The van der Waals surface area contributed by atoms with E-state index < -0.39 is 0 Å². The van der Waals surface area contributed by atoms with E-state index in [-0.39, 0.29) is 0 Å². The smallest absolute Gasteiger partial charge is 0.0570 e. The fourth-order valence-electron chi connectivity index (χ4n) is 1.72. The van der Waals surface area contributed by atoms with Crippen molar-refractivity contribution < 1.29 is 0 Å². The SMILES string of the molecule is Brc1ccncc1C#CC1CCCC1. The van der Waals surface area contributed by atoms with Crippen molar-refractivity contribution in [2.45, 2.75) is 25.7 Å². The number of rotatable bonds is 0. The van der Waals surface area contributed by atoms with Gasteiger partial charge in [-0.2, -0.15) is 0 Å². The quantitative estimate of drug-likeness (QED) is 0.643. The van der Waals surface area contributed by atoms with E-state index in [0.717, 1.165) is 10.0 Å². The molecule has 0 aromatic carbocycles. The van der Waals surface area contributed by atoms with Crippen molar-refractivity contribution in [1.82, 2.24) is 4.98 Å². The normalized spacial score (nSPS) is 16.4. The molecule has 0 saturated heterocycles. The molecule has 2 rings (SSSR count). The molecule has 1 saturated carbocycles. The van der Waals surface area contributed by atoms with E-state index in [1.807, 2.05) is 12.3 Å². The lowest BCUT2D eigenvalue weighted by Crippen LogP contribution is -1.87. The Morgan fingerprint density at radius 2 is 2.14 bits per heavy atom. The van der Waals surface area contributed by atoms with Gasteiger partial charge in [0.2, 0.25) is 0 Å². The van der Waals surface area contributed by atoms with Gasteiger partial charge in [0.15, 0.2) is 0 Å². The Hall–Kier alpha value is -0.810. The molecule has 14 heavy (non-hydrogen) atoms. The minimum absolute atomic E-state index is 0.613. The number of hydrogen-bond acceptors (Lipinski definition) is 1. The Kier molecular flexibility index (Phi) is 3.21. The molecule has 1 fully saturated rings. The maximum Gasteiger partial charge on any atom is 0.0570 e. The van der Waals surface area contributed by atoms with Crippen LogP contribution in [0.1, 0.15) is 31.2 Å². The van der Waals surface area contributed by atoms with Gasteiger partial charge in [0.1, 0.15) is 0 Å². The molecule has 0 atom stereocenters. The first-order chi connectivity index (χ1) is 6.86. The Morgan fingerprint density at radius 3 is 2.86 bits per heavy atom. The van der Waals surface area contributed by atoms with Gasteiger partial charge in [-0.15, -0.1) is 0 Å². The van der Waals surface area contributed by atoms with Crippen LogP contribution in [-0.4, -0.2) is 4.98 Å². The molecule has 1 aliphatic carbocycles. The van der Waals surface area contributed by atoms with Gasteiger partial charge in [0, 0.05) is 22.8 Å². The fourth-order valence-corrected chi connectivity index (χ4v) is 2.04. The molecule has 0 radical (unpaired) electrons. The van der Waals surface area contributed by atoms with Crippen LogP contribution in [0.25, 0.3) is 0 Å². The molecule has 72 valence electrons. The first-order valence-electron chi connectivity index (χ1n) is 4.97. The topological polar surface area (TPSA) is 12.9 Å². The second kappa shape index (κ2) is 4.61. The van der Waals surface area contributed by atoms with Crippen molar-refractivity contribution in [1.29, 1.82) is 0 Å². The van der Waals surface area contributed by atoms with Crippen LogP contribution >= 0.6 is 15.9 Å². The molecule has 0 unspecified atom stereocenters. The average Bonchev–Trinajstić information content (AvgIpc) is 2.69. The summed E-state index contributed by atoms with van der Waals surface area (Å²) >= 11 is 3.46. The second-order valence-corrected chi connectivity index (χ2v) is 4.46. The van der Waals surface area contributed by atoms with Crippen molar-refractivity contribution in [3.63, 3.8) is 0 Å². The van der Waals surface area contributed by atoms with Crippen LogP contribution in [0.2, 0.25) is 0 Å². The Balaban J connectivity index is 2.12. The highest BCUT2D eigenvalue weighted by Crippen LogP contribution is 2.24. The standard InChI is InChI=1S/C12H12BrN/c13-12-7-8-14-9-11(12)6-5-10-3-1-2-4-10/h7-10H,1-4H2. The van der Waals surface area contributed by atoms with Gasteiger partial charge in [0.05, 0.1) is 5.56 Å². The second-order valence-electron chi connectivity index (χ2n) is 3.61. The summed E-state index contributed by atoms with van der Waals surface area (Å²) < 4.78 is 1.04. The molecule has 0 bridgehead atoms. The van der Waals surface area contributed by atoms with Crippen LogP contribution in [0, 0.1) is 17.8 Å². The van der Waals surface area contributed by atoms with Crippen LogP contribution in [0.4, 0.5) is 0 Å². The molecule has 0 amide bonds. The number of aromatic nitrogens is 1. The largest absolute Gasteiger partial charge is 0.263 e. The Morgan fingerprint density at radius 1 is 1.36 bits per heavy atom. The molecule has 2 heteroatoms. The summed E-state index contributed by atoms with van der Waals surface area (Å²) in [5, 5.41) is 0. The molecule has 0 spiro atoms. The molecule has 1 heterocycles. The molecular weight excluding hydrogens is 238 g/mol. The van der Waals surface area contributed by atoms with Crippen molar-refractivity contribution in [3.8, 4) is 11.8 Å². The third-order valence-electron chi connectivity index (χ3n) is 2.53. The zero-order valence-corrected chi connectivity index (χ0v) is 9.55.